The number of aromatic amines is 1. The molecule has 0 spiro atoms. The number of hydrogen-bond acceptors (Lipinski definition) is 3. The Morgan fingerprint density at radius 3 is 2.68 bits per heavy atom. The molecular weight excluding hydrogens is 236 g/mol. The Bertz CT molecular complexity index is 373. The topological polar surface area (TPSA) is 44.0 Å². The molecule has 2 atom stereocenters. The summed E-state index contributed by atoms with van der Waals surface area (Å²) in [4.78, 5) is 9.94. The first-order valence-corrected chi connectivity index (χ1v) is 7.68. The number of imidazole rings is 1. The minimum Gasteiger partial charge on any atom is -0.347 e. The molecule has 1 saturated carbocycles. The van der Waals surface area contributed by atoms with Gasteiger partial charge in [0.15, 0.2) is 0 Å². The minimum atomic E-state index is 0.691. The van der Waals surface area contributed by atoms with E-state index in [4.69, 9.17) is 0 Å². The second-order valence-corrected chi connectivity index (χ2v) is 6.48. The van der Waals surface area contributed by atoms with Crippen molar-refractivity contribution in [3.8, 4) is 0 Å². The number of H-pyrrole nitrogens is 1. The SMILES string of the molecule is CC(C)N1CC2CCCC(C1)C2NCc1cnc[nH]1. The number of hydrogen-bond donors (Lipinski definition) is 2. The average Bonchev–Trinajstić information content (AvgIpc) is 2.88. The van der Waals surface area contributed by atoms with Crippen LogP contribution in [0.1, 0.15) is 38.8 Å². The normalized spacial score (nSPS) is 31.8. The molecule has 1 saturated heterocycles. The van der Waals surface area contributed by atoms with Gasteiger partial charge in [-0.05, 0) is 38.5 Å². The highest BCUT2D eigenvalue weighted by molar-refractivity contribution is 4.99. The van der Waals surface area contributed by atoms with Crippen LogP contribution < -0.4 is 5.32 Å². The van der Waals surface area contributed by atoms with Crippen molar-refractivity contribution in [2.45, 2.75) is 51.7 Å². The summed E-state index contributed by atoms with van der Waals surface area (Å²) < 4.78 is 0. The molecule has 1 aromatic rings. The van der Waals surface area contributed by atoms with Crippen LogP contribution in [-0.4, -0.2) is 40.0 Å². The summed E-state index contributed by atoms with van der Waals surface area (Å²) in [5.41, 5.74) is 1.20. The quantitative estimate of drug-likeness (QED) is 0.872. The maximum atomic E-state index is 4.09. The lowest BCUT2D eigenvalue weighted by atomic mass is 9.73. The summed E-state index contributed by atoms with van der Waals surface area (Å²) in [6.07, 6.45) is 7.88. The van der Waals surface area contributed by atoms with E-state index in [2.05, 4.69) is 34.0 Å². The Kier molecular flexibility index (Phi) is 3.89. The molecule has 4 heteroatoms. The zero-order valence-electron chi connectivity index (χ0n) is 12.1. The van der Waals surface area contributed by atoms with E-state index in [0.717, 1.165) is 18.4 Å². The highest BCUT2D eigenvalue weighted by Crippen LogP contribution is 2.35. The van der Waals surface area contributed by atoms with Crippen LogP contribution in [0.3, 0.4) is 0 Å². The molecule has 0 radical (unpaired) electrons. The average molecular weight is 262 g/mol. The largest absolute Gasteiger partial charge is 0.347 e. The smallest absolute Gasteiger partial charge is 0.0922 e. The van der Waals surface area contributed by atoms with E-state index in [1.165, 1.54) is 38.0 Å². The maximum Gasteiger partial charge on any atom is 0.0922 e. The lowest BCUT2D eigenvalue weighted by Gasteiger charge is -2.49. The van der Waals surface area contributed by atoms with Crippen molar-refractivity contribution >= 4 is 0 Å². The van der Waals surface area contributed by atoms with Gasteiger partial charge in [-0.25, -0.2) is 4.98 Å². The second-order valence-electron chi connectivity index (χ2n) is 6.48. The van der Waals surface area contributed by atoms with Crippen molar-refractivity contribution < 1.29 is 0 Å². The number of fused-ring (bicyclic) bond motifs is 2. The fourth-order valence-corrected chi connectivity index (χ4v) is 3.84. The van der Waals surface area contributed by atoms with Crippen LogP contribution in [0, 0.1) is 11.8 Å². The van der Waals surface area contributed by atoms with E-state index < -0.39 is 0 Å². The molecule has 2 N–H and O–H groups in total. The number of nitrogens with zero attached hydrogens (tertiary/aromatic N) is 2. The van der Waals surface area contributed by atoms with E-state index in [1.54, 1.807) is 6.33 Å². The Labute approximate surface area is 116 Å². The van der Waals surface area contributed by atoms with Crippen LogP contribution >= 0.6 is 0 Å². The van der Waals surface area contributed by atoms with Gasteiger partial charge in [0.1, 0.15) is 0 Å². The molecule has 2 fully saturated rings. The van der Waals surface area contributed by atoms with Crippen molar-refractivity contribution in [2.75, 3.05) is 13.1 Å². The third-order valence-corrected chi connectivity index (χ3v) is 4.92. The van der Waals surface area contributed by atoms with E-state index in [1.807, 2.05) is 6.20 Å². The van der Waals surface area contributed by atoms with Gasteiger partial charge in [-0.1, -0.05) is 6.42 Å². The van der Waals surface area contributed by atoms with Crippen molar-refractivity contribution in [1.29, 1.82) is 0 Å². The standard InChI is InChI=1S/C15H26N4/c1-11(2)19-8-12-4-3-5-13(9-19)15(12)17-7-14-6-16-10-18-14/h6,10-13,15,17H,3-5,7-9H2,1-2H3,(H,16,18). The second kappa shape index (κ2) is 5.63. The third-order valence-electron chi connectivity index (χ3n) is 4.92. The summed E-state index contributed by atoms with van der Waals surface area (Å²) in [6, 6.07) is 1.39. The van der Waals surface area contributed by atoms with Crippen molar-refractivity contribution in [3.63, 3.8) is 0 Å². The Morgan fingerprint density at radius 1 is 1.37 bits per heavy atom. The van der Waals surface area contributed by atoms with Crippen LogP contribution in [0.4, 0.5) is 0 Å². The highest BCUT2D eigenvalue weighted by atomic mass is 15.2. The third kappa shape index (κ3) is 2.84. The van der Waals surface area contributed by atoms with Crippen molar-refractivity contribution in [1.82, 2.24) is 20.2 Å². The predicted octanol–water partition coefficient (Wildman–Crippen LogP) is 2.01. The van der Waals surface area contributed by atoms with Crippen molar-refractivity contribution in [3.05, 3.63) is 18.2 Å². The van der Waals surface area contributed by atoms with Crippen LogP contribution in [-0.2, 0) is 6.54 Å². The number of nitrogens with one attached hydrogen (secondary N) is 2. The number of piperidine rings is 1. The molecule has 3 rings (SSSR count). The maximum absolute atomic E-state index is 4.09. The van der Waals surface area contributed by atoms with Crippen LogP contribution in [0.15, 0.2) is 12.5 Å². The summed E-state index contributed by atoms with van der Waals surface area (Å²) in [5, 5.41) is 3.79. The molecule has 2 bridgehead atoms. The van der Waals surface area contributed by atoms with Gasteiger partial charge in [0.2, 0.25) is 0 Å². The predicted molar refractivity (Wildman–Crippen MR) is 76.8 cm³/mol. The first-order chi connectivity index (χ1) is 9.24. The van der Waals surface area contributed by atoms with E-state index in [9.17, 15) is 0 Å². The molecule has 2 unspecified atom stereocenters. The molecule has 0 amide bonds. The molecule has 106 valence electrons. The fourth-order valence-electron chi connectivity index (χ4n) is 3.84. The zero-order chi connectivity index (χ0) is 13.2. The van der Waals surface area contributed by atoms with Crippen LogP contribution in [0.5, 0.6) is 0 Å². The van der Waals surface area contributed by atoms with Gasteiger partial charge in [-0.3, -0.25) is 0 Å². The molecule has 2 aliphatic rings. The van der Waals surface area contributed by atoms with Crippen LogP contribution in [0.2, 0.25) is 0 Å². The molecule has 1 aromatic heterocycles. The molecule has 19 heavy (non-hydrogen) atoms. The molecule has 0 aromatic carbocycles. The number of rotatable bonds is 4. The van der Waals surface area contributed by atoms with E-state index in [-0.39, 0.29) is 0 Å². The van der Waals surface area contributed by atoms with Gasteiger partial charge in [0.25, 0.3) is 0 Å². The van der Waals surface area contributed by atoms with Gasteiger partial charge in [-0.2, -0.15) is 0 Å². The first kappa shape index (κ1) is 13.1. The lowest BCUT2D eigenvalue weighted by molar-refractivity contribution is 0.0289. The fraction of sp³-hybridized carbons (Fsp3) is 0.800. The highest BCUT2D eigenvalue weighted by Gasteiger charge is 2.39. The molecule has 2 heterocycles. The van der Waals surface area contributed by atoms with E-state index in [0.29, 0.717) is 12.1 Å². The molecule has 1 aliphatic carbocycles. The molecular formula is C15H26N4. The summed E-state index contributed by atoms with van der Waals surface area (Å²) in [5.74, 6) is 1.66. The van der Waals surface area contributed by atoms with Gasteiger partial charge in [0.05, 0.1) is 6.33 Å². The Balaban J connectivity index is 1.62. The van der Waals surface area contributed by atoms with Gasteiger partial charge in [0, 0.05) is 43.6 Å². The van der Waals surface area contributed by atoms with Gasteiger partial charge in [-0.15, -0.1) is 0 Å². The minimum absolute atomic E-state index is 0.691. The van der Waals surface area contributed by atoms with E-state index >= 15 is 0 Å². The van der Waals surface area contributed by atoms with Crippen molar-refractivity contribution in [2.24, 2.45) is 11.8 Å². The van der Waals surface area contributed by atoms with Crippen LogP contribution in [0.25, 0.3) is 0 Å². The zero-order valence-corrected chi connectivity index (χ0v) is 12.1. The molecule has 1 aliphatic heterocycles. The van der Waals surface area contributed by atoms with Gasteiger partial charge >= 0.3 is 0 Å². The van der Waals surface area contributed by atoms with Gasteiger partial charge < -0.3 is 15.2 Å². The summed E-state index contributed by atoms with van der Waals surface area (Å²) >= 11 is 0. The summed E-state index contributed by atoms with van der Waals surface area (Å²) in [6.45, 7) is 8.13. The number of aromatic nitrogens is 2. The number of likely N-dealkylation sites (tertiary alicyclic amines) is 1. The monoisotopic (exact) mass is 262 g/mol. The lowest BCUT2D eigenvalue weighted by Crippen LogP contribution is -2.58. The first-order valence-electron chi connectivity index (χ1n) is 7.68. The summed E-state index contributed by atoms with van der Waals surface area (Å²) in [7, 11) is 0. The molecule has 4 nitrogen and oxygen atoms in total. The Hall–Kier alpha value is -0.870. The Morgan fingerprint density at radius 2 is 2.11 bits per heavy atom.